The summed E-state index contributed by atoms with van der Waals surface area (Å²) in [5.41, 5.74) is 1.29. The molecule has 0 spiro atoms. The summed E-state index contributed by atoms with van der Waals surface area (Å²) in [6, 6.07) is 0. The van der Waals surface area contributed by atoms with Crippen LogP contribution >= 0.6 is 0 Å². The van der Waals surface area contributed by atoms with Gasteiger partial charge in [0.25, 0.3) is 0 Å². The van der Waals surface area contributed by atoms with Gasteiger partial charge < -0.3 is 5.11 Å². The Balaban J connectivity index is 2.98. The van der Waals surface area contributed by atoms with Crippen molar-refractivity contribution >= 4 is 11.4 Å². The monoisotopic (exact) mass is 154 g/mol. The molecule has 0 aromatic heterocycles. The molecule has 1 atom stereocenters. The molecule has 0 amide bonds. The van der Waals surface area contributed by atoms with E-state index in [1.807, 2.05) is 27.7 Å². The van der Waals surface area contributed by atoms with Gasteiger partial charge in [0.15, 0.2) is 6.23 Å². The molecule has 0 radical (unpaired) electrons. The van der Waals surface area contributed by atoms with Crippen LogP contribution < -0.4 is 0 Å². The number of hydrogen-bond donors (Lipinski definition) is 1. The fraction of sp³-hybridized carbons (Fsp3) is 0.750. The van der Waals surface area contributed by atoms with Crippen molar-refractivity contribution in [1.82, 2.24) is 0 Å². The maximum absolute atomic E-state index is 9.43. The lowest BCUT2D eigenvalue weighted by atomic mass is 10.0. The summed E-state index contributed by atoms with van der Waals surface area (Å²) < 4.78 is 0. The van der Waals surface area contributed by atoms with Gasteiger partial charge in [0.1, 0.15) is 5.54 Å². The molecule has 1 heterocycles. The molecule has 0 aliphatic carbocycles. The van der Waals surface area contributed by atoms with Crippen LogP contribution in [0, 0.1) is 0 Å². The molecular weight excluding hydrogens is 140 g/mol. The highest BCUT2D eigenvalue weighted by atomic mass is 16.3. The SMILES string of the molecule is CC1=NC(O)C(C)(C)N=C1C. The van der Waals surface area contributed by atoms with Gasteiger partial charge in [0.2, 0.25) is 0 Å². The molecule has 1 aliphatic heterocycles. The molecule has 0 saturated heterocycles. The van der Waals surface area contributed by atoms with Crippen molar-refractivity contribution in [1.29, 1.82) is 0 Å². The van der Waals surface area contributed by atoms with Crippen molar-refractivity contribution in [2.24, 2.45) is 9.98 Å². The van der Waals surface area contributed by atoms with Crippen LogP contribution in [0.25, 0.3) is 0 Å². The fourth-order valence-corrected chi connectivity index (χ4v) is 1.01. The molecular formula is C8H14N2O. The van der Waals surface area contributed by atoms with Crippen LogP contribution in [0.4, 0.5) is 0 Å². The Kier molecular flexibility index (Phi) is 1.84. The molecule has 0 aromatic rings. The van der Waals surface area contributed by atoms with Crippen LogP contribution in [0.15, 0.2) is 9.98 Å². The summed E-state index contributed by atoms with van der Waals surface area (Å²) in [5, 5.41) is 9.43. The van der Waals surface area contributed by atoms with Gasteiger partial charge >= 0.3 is 0 Å². The summed E-state index contributed by atoms with van der Waals surface area (Å²) in [6.07, 6.45) is -0.689. The lowest BCUT2D eigenvalue weighted by Crippen LogP contribution is -2.38. The van der Waals surface area contributed by atoms with E-state index in [9.17, 15) is 5.11 Å². The van der Waals surface area contributed by atoms with Crippen molar-refractivity contribution < 1.29 is 5.11 Å². The Morgan fingerprint density at radius 1 is 1.27 bits per heavy atom. The molecule has 3 heteroatoms. The summed E-state index contributed by atoms with van der Waals surface area (Å²) in [4.78, 5) is 8.37. The van der Waals surface area contributed by atoms with E-state index in [1.54, 1.807) is 0 Å². The normalized spacial score (nSPS) is 29.4. The molecule has 0 fully saturated rings. The molecule has 0 bridgehead atoms. The molecule has 0 saturated carbocycles. The van der Waals surface area contributed by atoms with Crippen LogP contribution in [-0.4, -0.2) is 28.3 Å². The average molecular weight is 154 g/mol. The molecule has 1 N–H and O–H groups in total. The second-order valence-corrected chi connectivity index (χ2v) is 3.44. The number of rotatable bonds is 0. The molecule has 1 aliphatic rings. The summed E-state index contributed by atoms with van der Waals surface area (Å²) in [6.45, 7) is 7.51. The third-order valence-corrected chi connectivity index (χ3v) is 1.93. The maximum Gasteiger partial charge on any atom is 0.170 e. The lowest BCUT2D eigenvalue weighted by Gasteiger charge is -2.28. The van der Waals surface area contributed by atoms with Crippen LogP contribution in [0.2, 0.25) is 0 Å². The molecule has 62 valence electrons. The zero-order valence-electron chi connectivity index (χ0n) is 7.42. The van der Waals surface area contributed by atoms with Gasteiger partial charge in [-0.1, -0.05) is 0 Å². The van der Waals surface area contributed by atoms with E-state index in [1.165, 1.54) is 0 Å². The predicted octanol–water partition coefficient (Wildman–Crippen LogP) is 1.02. The summed E-state index contributed by atoms with van der Waals surface area (Å²) in [5.74, 6) is 0. The second kappa shape index (κ2) is 2.41. The number of aliphatic hydroxyl groups excluding tert-OH is 1. The zero-order valence-corrected chi connectivity index (χ0v) is 7.42. The number of aliphatic imine (C=N–C) groups is 2. The summed E-state index contributed by atoms with van der Waals surface area (Å²) >= 11 is 0. The first-order valence-corrected chi connectivity index (χ1v) is 3.73. The maximum atomic E-state index is 9.43. The van der Waals surface area contributed by atoms with Gasteiger partial charge in [0.05, 0.1) is 11.4 Å². The van der Waals surface area contributed by atoms with Gasteiger partial charge in [-0.3, -0.25) is 9.98 Å². The van der Waals surface area contributed by atoms with Gasteiger partial charge in [0, 0.05) is 0 Å². The fourth-order valence-electron chi connectivity index (χ4n) is 1.01. The highest BCUT2D eigenvalue weighted by molar-refractivity contribution is 6.41. The minimum atomic E-state index is -0.689. The van der Waals surface area contributed by atoms with Gasteiger partial charge in [-0.2, -0.15) is 0 Å². The van der Waals surface area contributed by atoms with Crippen LogP contribution in [0.5, 0.6) is 0 Å². The van der Waals surface area contributed by atoms with Crippen molar-refractivity contribution in [3.63, 3.8) is 0 Å². The lowest BCUT2D eigenvalue weighted by molar-refractivity contribution is 0.112. The third-order valence-electron chi connectivity index (χ3n) is 1.93. The zero-order chi connectivity index (χ0) is 8.65. The topological polar surface area (TPSA) is 45.0 Å². The van der Waals surface area contributed by atoms with E-state index in [2.05, 4.69) is 9.98 Å². The Morgan fingerprint density at radius 3 is 2.27 bits per heavy atom. The Bertz CT molecular complexity index is 228. The van der Waals surface area contributed by atoms with E-state index >= 15 is 0 Å². The van der Waals surface area contributed by atoms with E-state index in [4.69, 9.17) is 0 Å². The first kappa shape index (κ1) is 8.40. The Hall–Kier alpha value is -0.700. The minimum Gasteiger partial charge on any atom is -0.370 e. The van der Waals surface area contributed by atoms with E-state index in [-0.39, 0.29) is 0 Å². The first-order valence-electron chi connectivity index (χ1n) is 3.73. The van der Waals surface area contributed by atoms with Crippen molar-refractivity contribution in [3.8, 4) is 0 Å². The van der Waals surface area contributed by atoms with Crippen molar-refractivity contribution in [2.75, 3.05) is 0 Å². The van der Waals surface area contributed by atoms with Gasteiger partial charge in [-0.15, -0.1) is 0 Å². The number of hydrogen-bond acceptors (Lipinski definition) is 3. The number of aliphatic hydroxyl groups is 1. The second-order valence-electron chi connectivity index (χ2n) is 3.44. The minimum absolute atomic E-state index is 0.455. The standard InChI is InChI=1S/C8H14N2O/c1-5-6(2)10-8(3,4)7(11)9-5/h7,11H,1-4H3. The smallest absolute Gasteiger partial charge is 0.170 e. The predicted molar refractivity (Wildman–Crippen MR) is 46.3 cm³/mol. The van der Waals surface area contributed by atoms with Crippen LogP contribution in [-0.2, 0) is 0 Å². The largest absolute Gasteiger partial charge is 0.370 e. The van der Waals surface area contributed by atoms with Crippen molar-refractivity contribution in [3.05, 3.63) is 0 Å². The highest BCUT2D eigenvalue weighted by Crippen LogP contribution is 2.20. The molecule has 0 aromatic carbocycles. The van der Waals surface area contributed by atoms with Crippen molar-refractivity contribution in [2.45, 2.75) is 39.5 Å². The molecule has 1 unspecified atom stereocenters. The molecule has 1 rings (SSSR count). The third kappa shape index (κ3) is 1.48. The van der Waals surface area contributed by atoms with Gasteiger partial charge in [-0.05, 0) is 27.7 Å². The molecule has 3 nitrogen and oxygen atoms in total. The molecule has 11 heavy (non-hydrogen) atoms. The van der Waals surface area contributed by atoms with E-state index in [0.29, 0.717) is 0 Å². The summed E-state index contributed by atoms with van der Waals surface area (Å²) in [7, 11) is 0. The quantitative estimate of drug-likeness (QED) is 0.556. The number of nitrogens with zero attached hydrogens (tertiary/aromatic N) is 2. The Morgan fingerprint density at radius 2 is 1.82 bits per heavy atom. The van der Waals surface area contributed by atoms with Crippen LogP contribution in [0.1, 0.15) is 27.7 Å². The van der Waals surface area contributed by atoms with E-state index in [0.717, 1.165) is 11.4 Å². The van der Waals surface area contributed by atoms with Crippen LogP contribution in [0.3, 0.4) is 0 Å². The first-order chi connectivity index (χ1) is 4.93. The average Bonchev–Trinajstić information content (AvgIpc) is 1.83. The van der Waals surface area contributed by atoms with Gasteiger partial charge in [-0.25, -0.2) is 0 Å². The highest BCUT2D eigenvalue weighted by Gasteiger charge is 2.30. The Labute approximate surface area is 66.9 Å². The van der Waals surface area contributed by atoms with E-state index < -0.39 is 11.8 Å².